The molecule has 0 saturated heterocycles. The summed E-state index contributed by atoms with van der Waals surface area (Å²) in [5.74, 6) is -0.883. The second-order valence-corrected chi connectivity index (χ2v) is 3.28. The van der Waals surface area contributed by atoms with Crippen LogP contribution in [0.4, 0.5) is 0 Å². The van der Waals surface area contributed by atoms with Crippen molar-refractivity contribution in [3.05, 3.63) is 0 Å². The number of carboxylic acids is 1. The molecule has 0 fully saturated rings. The predicted molar refractivity (Wildman–Crippen MR) is 35.7 cm³/mol. The van der Waals surface area contributed by atoms with E-state index >= 15 is 0 Å². The van der Waals surface area contributed by atoms with E-state index in [0.717, 1.165) is 10.7 Å². The van der Waals surface area contributed by atoms with Gasteiger partial charge in [0.15, 0.2) is 0 Å². The number of hydrogen-bond acceptors (Lipinski definition) is 3. The zero-order chi connectivity index (χ0) is 7.28. The average Bonchev–Trinajstić information content (AvgIpc) is 1.82. The summed E-state index contributed by atoms with van der Waals surface area (Å²) in [4.78, 5) is 9.96. The standard InChI is InChI=1S/C3H6NO3PS/c4-2(3(5)6)1-9-8-7/h2H,1,4H2,(H,5,6)/t2-/m1/s1. The van der Waals surface area contributed by atoms with Crippen LogP contribution in [0.15, 0.2) is 0 Å². The van der Waals surface area contributed by atoms with Crippen molar-refractivity contribution in [3.8, 4) is 0 Å². The number of aliphatic carboxylic acids is 1. The van der Waals surface area contributed by atoms with Gasteiger partial charge in [0.05, 0.1) is 0 Å². The first-order valence-corrected chi connectivity index (χ1v) is 4.51. The first-order chi connectivity index (χ1) is 4.18. The monoisotopic (exact) mass is 167 g/mol. The van der Waals surface area contributed by atoms with E-state index in [0.29, 0.717) is 0 Å². The van der Waals surface area contributed by atoms with Gasteiger partial charge in [0.25, 0.3) is 0 Å². The Balaban J connectivity index is 3.72. The molecule has 0 spiro atoms. The molecule has 6 heteroatoms. The van der Waals surface area contributed by atoms with Crippen LogP contribution in [0.3, 0.4) is 0 Å². The van der Waals surface area contributed by atoms with Gasteiger partial charge in [-0.3, -0.25) is 0 Å². The Kier molecular flexibility index (Phi) is 4.67. The van der Waals surface area contributed by atoms with Crippen LogP contribution in [0.1, 0.15) is 0 Å². The van der Waals surface area contributed by atoms with Crippen LogP contribution >= 0.6 is 17.8 Å². The summed E-state index contributed by atoms with van der Waals surface area (Å²) in [5.41, 5.74) is 5.04. The maximum atomic E-state index is 9.96. The van der Waals surface area contributed by atoms with Crippen LogP contribution < -0.4 is 5.73 Å². The van der Waals surface area contributed by atoms with Crippen molar-refractivity contribution < 1.29 is 14.5 Å². The summed E-state index contributed by atoms with van der Waals surface area (Å²) in [6.45, 7) is 0. The van der Waals surface area contributed by atoms with Crippen LogP contribution in [-0.2, 0) is 9.36 Å². The Bertz CT molecular complexity index is 198. The number of nitrogens with two attached hydrogens (primary N) is 1. The molecule has 0 aromatic carbocycles. The van der Waals surface area contributed by atoms with E-state index in [4.69, 9.17) is 10.8 Å². The van der Waals surface area contributed by atoms with Crippen molar-refractivity contribution in [1.82, 2.24) is 0 Å². The van der Waals surface area contributed by atoms with Gasteiger partial charge in [-0.25, -0.2) is 0 Å². The fourth-order valence-electron chi connectivity index (χ4n) is 0.182. The summed E-state index contributed by atoms with van der Waals surface area (Å²) in [6.07, 6.45) is 0. The summed E-state index contributed by atoms with van der Waals surface area (Å²) in [7, 11) is 0.824. The Morgan fingerprint density at radius 1 is 1.89 bits per heavy atom. The van der Waals surface area contributed by atoms with Gasteiger partial charge in [0, 0.05) is 0 Å². The zero-order valence-corrected chi connectivity index (χ0v) is 6.19. The fourth-order valence-corrected chi connectivity index (χ4v) is 1.21. The molecule has 0 aliphatic heterocycles. The number of hydrogen-bond donors (Lipinski definition) is 2. The number of carboxylic acid groups (broad SMARTS) is 1. The first-order valence-electron chi connectivity index (χ1n) is 2.11. The molecule has 0 heterocycles. The average molecular weight is 167 g/mol. The second kappa shape index (κ2) is 4.73. The first kappa shape index (κ1) is 8.88. The topological polar surface area (TPSA) is 80.4 Å². The molecule has 1 atom stereocenters. The van der Waals surface area contributed by atoms with Crippen LogP contribution in [0.2, 0.25) is 0 Å². The van der Waals surface area contributed by atoms with Crippen molar-refractivity contribution in [3.63, 3.8) is 0 Å². The fraction of sp³-hybridized carbons (Fsp3) is 0.667. The quantitative estimate of drug-likeness (QED) is 0.581. The third-order valence-corrected chi connectivity index (χ3v) is 2.00. The molecule has 0 amide bonds. The zero-order valence-electron chi connectivity index (χ0n) is 4.48. The van der Waals surface area contributed by atoms with Gasteiger partial charge in [0.2, 0.25) is 0 Å². The summed E-state index contributed by atoms with van der Waals surface area (Å²) in [5, 5.41) is 8.17. The van der Waals surface area contributed by atoms with Gasteiger partial charge in [0.1, 0.15) is 0 Å². The van der Waals surface area contributed by atoms with E-state index in [1.54, 1.807) is 0 Å². The van der Waals surface area contributed by atoms with Gasteiger partial charge < -0.3 is 0 Å². The maximum absolute atomic E-state index is 9.96. The number of rotatable bonds is 2. The molecule has 52 valence electrons. The molecule has 0 aromatic rings. The molecule has 0 rings (SSSR count). The van der Waals surface area contributed by atoms with Crippen LogP contribution in [0.25, 0.3) is 0 Å². The van der Waals surface area contributed by atoms with Gasteiger partial charge >= 0.3 is 55.7 Å². The molecule has 0 bridgehead atoms. The van der Waals surface area contributed by atoms with E-state index in [-0.39, 0.29) is 12.8 Å². The van der Waals surface area contributed by atoms with E-state index in [1.165, 1.54) is 0 Å². The van der Waals surface area contributed by atoms with Crippen molar-refractivity contribution in [2.24, 2.45) is 5.73 Å². The minimum atomic E-state index is -1.06. The van der Waals surface area contributed by atoms with Gasteiger partial charge in [-0.2, -0.15) is 0 Å². The molecular weight excluding hydrogens is 161 g/mol. The van der Waals surface area contributed by atoms with Gasteiger partial charge in [-0.05, 0) is 0 Å². The van der Waals surface area contributed by atoms with E-state index < -0.39 is 12.0 Å². The van der Waals surface area contributed by atoms with Crippen molar-refractivity contribution in [2.75, 3.05) is 5.75 Å². The molecule has 0 saturated carbocycles. The molecule has 0 aromatic heterocycles. The molecule has 0 aliphatic carbocycles. The summed E-state index contributed by atoms with van der Waals surface area (Å²) >= 11 is 0. The molecule has 0 radical (unpaired) electrons. The van der Waals surface area contributed by atoms with Gasteiger partial charge in [-0.1, -0.05) is 0 Å². The third-order valence-electron chi connectivity index (χ3n) is 0.624. The van der Waals surface area contributed by atoms with Crippen LogP contribution in [0, 0.1) is 0 Å². The van der Waals surface area contributed by atoms with E-state index in [9.17, 15) is 9.36 Å². The Morgan fingerprint density at radius 3 is 2.78 bits per heavy atom. The number of carbonyl (C=O) groups is 1. The molecule has 4 nitrogen and oxygen atoms in total. The second-order valence-electron chi connectivity index (χ2n) is 1.32. The van der Waals surface area contributed by atoms with E-state index in [2.05, 4.69) is 0 Å². The minimum absolute atomic E-state index is 0.131. The summed E-state index contributed by atoms with van der Waals surface area (Å²) in [6, 6.07) is -0.906. The Labute approximate surface area is 56.5 Å². The molecular formula is C3H6NO3PS. The predicted octanol–water partition coefficient (Wildman–Crippen LogP) is 0.338. The molecule has 9 heavy (non-hydrogen) atoms. The van der Waals surface area contributed by atoms with Crippen LogP contribution in [-0.4, -0.2) is 22.9 Å². The van der Waals surface area contributed by atoms with Crippen LogP contribution in [0.5, 0.6) is 0 Å². The van der Waals surface area contributed by atoms with Crippen molar-refractivity contribution in [1.29, 1.82) is 0 Å². The summed E-state index contributed by atoms with van der Waals surface area (Å²) < 4.78 is 9.74. The van der Waals surface area contributed by atoms with Crippen molar-refractivity contribution >= 4 is 23.7 Å². The Morgan fingerprint density at radius 2 is 2.44 bits per heavy atom. The molecule has 0 aliphatic rings. The molecule has 3 N–H and O–H groups in total. The third kappa shape index (κ3) is 4.39. The van der Waals surface area contributed by atoms with Crippen molar-refractivity contribution in [2.45, 2.75) is 6.04 Å². The molecule has 0 unspecified atom stereocenters. The van der Waals surface area contributed by atoms with Gasteiger partial charge in [-0.15, -0.1) is 0 Å². The normalized spacial score (nSPS) is 12.1. The Hall–Kier alpha value is -0.120. The SMILES string of the molecule is N[C@H](CS#P=O)C(=O)O. The van der Waals surface area contributed by atoms with E-state index in [1.807, 2.05) is 0 Å².